The predicted octanol–water partition coefficient (Wildman–Crippen LogP) is 2.05. The van der Waals surface area contributed by atoms with E-state index in [2.05, 4.69) is 9.97 Å². The zero-order valence-corrected chi connectivity index (χ0v) is 14.5. The lowest BCUT2D eigenvalue weighted by atomic mass is 9.98. The minimum atomic E-state index is -0.298. The molecule has 0 radical (unpaired) electrons. The van der Waals surface area contributed by atoms with Crippen LogP contribution in [-0.2, 0) is 4.79 Å². The van der Waals surface area contributed by atoms with Gasteiger partial charge < -0.3 is 15.5 Å². The lowest BCUT2D eigenvalue weighted by Gasteiger charge is -2.25. The molecule has 4 rings (SSSR count). The fourth-order valence-electron chi connectivity index (χ4n) is 3.33. The molecular weight excluding hydrogens is 340 g/mol. The van der Waals surface area contributed by atoms with Gasteiger partial charge in [-0.3, -0.25) is 9.36 Å². The number of thiazole rings is 1. The molecule has 0 spiro atoms. The summed E-state index contributed by atoms with van der Waals surface area (Å²) in [6.45, 7) is 3.41. The summed E-state index contributed by atoms with van der Waals surface area (Å²) in [7, 11) is 0. The first-order valence-electron chi connectivity index (χ1n) is 7.76. The third kappa shape index (κ3) is 2.29. The van der Waals surface area contributed by atoms with Crippen LogP contribution in [0, 0.1) is 0 Å². The number of carbonyl (C=O) groups excluding carboxylic acids is 1. The van der Waals surface area contributed by atoms with Crippen LogP contribution in [0.4, 0.5) is 0 Å². The molecule has 3 aromatic rings. The van der Waals surface area contributed by atoms with Gasteiger partial charge in [0, 0.05) is 28.4 Å². The van der Waals surface area contributed by atoms with Gasteiger partial charge >= 0.3 is 5.69 Å². The highest BCUT2D eigenvalue weighted by atomic mass is 32.1. The summed E-state index contributed by atoms with van der Waals surface area (Å²) in [5.41, 5.74) is 8.41. The quantitative estimate of drug-likeness (QED) is 0.699. The standard InChI is InChI=1S/C17H16N4O3S/c1-8(18)13(9(2)22)10-3-4-11-14-15(10)24-7-12(16-19-5-6-25-16)21(14)17(23)20-11/h3-6,12H,7,18H2,1-2H3,(H,20,23). The van der Waals surface area contributed by atoms with Crippen molar-refractivity contribution in [1.82, 2.24) is 14.5 Å². The van der Waals surface area contributed by atoms with E-state index in [0.29, 0.717) is 33.6 Å². The van der Waals surface area contributed by atoms with E-state index in [0.717, 1.165) is 5.01 Å². The van der Waals surface area contributed by atoms with Gasteiger partial charge in [-0.05, 0) is 26.0 Å². The molecule has 0 amide bonds. The van der Waals surface area contributed by atoms with Gasteiger partial charge in [0.05, 0.1) is 5.52 Å². The average Bonchev–Trinajstić information content (AvgIpc) is 3.19. The summed E-state index contributed by atoms with van der Waals surface area (Å²) in [5.74, 6) is 0.351. The lowest BCUT2D eigenvalue weighted by Crippen LogP contribution is -2.30. The lowest BCUT2D eigenvalue weighted by molar-refractivity contribution is -0.111. The minimum Gasteiger partial charge on any atom is -0.488 e. The number of nitrogens with one attached hydrogen (secondary N) is 1. The molecule has 0 aliphatic carbocycles. The Morgan fingerprint density at radius 3 is 2.88 bits per heavy atom. The second-order valence-electron chi connectivity index (χ2n) is 5.95. The van der Waals surface area contributed by atoms with Gasteiger partial charge in [0.2, 0.25) is 0 Å². The topological polar surface area (TPSA) is 103 Å². The Balaban J connectivity index is 2.03. The van der Waals surface area contributed by atoms with Crippen molar-refractivity contribution in [2.24, 2.45) is 5.73 Å². The Labute approximate surface area is 146 Å². The third-order valence-corrected chi connectivity index (χ3v) is 5.16. The van der Waals surface area contributed by atoms with Gasteiger partial charge in [-0.25, -0.2) is 9.78 Å². The first-order valence-corrected chi connectivity index (χ1v) is 8.64. The number of carbonyl (C=O) groups is 1. The van der Waals surface area contributed by atoms with Crippen LogP contribution in [0.2, 0.25) is 0 Å². The van der Waals surface area contributed by atoms with E-state index < -0.39 is 0 Å². The normalized spacial score (nSPS) is 17.3. The van der Waals surface area contributed by atoms with E-state index in [4.69, 9.17) is 10.5 Å². The fourth-order valence-corrected chi connectivity index (χ4v) is 4.04. The molecule has 1 unspecified atom stereocenters. The third-order valence-electron chi connectivity index (χ3n) is 4.28. The van der Waals surface area contributed by atoms with Crippen molar-refractivity contribution in [2.45, 2.75) is 19.9 Å². The molecular formula is C17H16N4O3S. The highest BCUT2D eigenvalue weighted by Gasteiger charge is 2.31. The zero-order valence-electron chi connectivity index (χ0n) is 13.7. The molecule has 128 valence electrons. The number of hydrogen-bond acceptors (Lipinski definition) is 6. The van der Waals surface area contributed by atoms with Crippen LogP contribution in [0.5, 0.6) is 5.75 Å². The summed E-state index contributed by atoms with van der Waals surface area (Å²) >= 11 is 1.47. The number of ketones is 1. The second kappa shape index (κ2) is 5.59. The zero-order chi connectivity index (χ0) is 17.7. The molecule has 0 saturated heterocycles. The van der Waals surface area contributed by atoms with E-state index in [9.17, 15) is 9.59 Å². The van der Waals surface area contributed by atoms with Crippen molar-refractivity contribution in [2.75, 3.05) is 6.61 Å². The van der Waals surface area contributed by atoms with Crippen LogP contribution in [-0.4, -0.2) is 26.9 Å². The Bertz CT molecular complexity index is 1070. The largest absolute Gasteiger partial charge is 0.488 e. The molecule has 8 heteroatoms. The Morgan fingerprint density at radius 1 is 1.44 bits per heavy atom. The van der Waals surface area contributed by atoms with E-state index in [1.807, 2.05) is 5.38 Å². The SMILES string of the molecule is CC(=O)C(=C(C)N)c1ccc2[nH]c(=O)n3c2c1OCC3c1nccs1. The van der Waals surface area contributed by atoms with Crippen LogP contribution < -0.4 is 16.2 Å². The smallest absolute Gasteiger partial charge is 0.327 e. The van der Waals surface area contributed by atoms with Gasteiger partial charge in [-0.1, -0.05) is 0 Å². The van der Waals surface area contributed by atoms with Crippen molar-refractivity contribution in [3.63, 3.8) is 0 Å². The van der Waals surface area contributed by atoms with Gasteiger partial charge in [-0.15, -0.1) is 11.3 Å². The van der Waals surface area contributed by atoms with Gasteiger partial charge in [-0.2, -0.15) is 0 Å². The van der Waals surface area contributed by atoms with Crippen LogP contribution in [0.25, 0.3) is 16.6 Å². The maximum absolute atomic E-state index is 12.5. The Morgan fingerprint density at radius 2 is 2.24 bits per heavy atom. The summed E-state index contributed by atoms with van der Waals surface area (Å²) in [6.07, 6.45) is 1.70. The van der Waals surface area contributed by atoms with Crippen molar-refractivity contribution in [3.05, 3.63) is 50.5 Å². The van der Waals surface area contributed by atoms with Crippen LogP contribution >= 0.6 is 11.3 Å². The molecule has 0 saturated carbocycles. The first kappa shape index (κ1) is 15.6. The molecule has 1 atom stereocenters. The number of H-pyrrole nitrogens is 1. The monoisotopic (exact) mass is 356 g/mol. The van der Waals surface area contributed by atoms with Crippen molar-refractivity contribution in [3.8, 4) is 5.75 Å². The highest BCUT2D eigenvalue weighted by Crippen LogP contribution is 2.39. The number of hydrogen-bond donors (Lipinski definition) is 2. The molecule has 1 aromatic carbocycles. The van der Waals surface area contributed by atoms with E-state index in [-0.39, 0.29) is 24.1 Å². The van der Waals surface area contributed by atoms with E-state index in [1.165, 1.54) is 18.3 Å². The summed E-state index contributed by atoms with van der Waals surface area (Å²) in [5, 5.41) is 2.67. The molecule has 25 heavy (non-hydrogen) atoms. The number of imidazole rings is 1. The van der Waals surface area contributed by atoms with Crippen molar-refractivity contribution in [1.29, 1.82) is 0 Å². The molecule has 1 aliphatic rings. The number of aromatic nitrogens is 3. The van der Waals surface area contributed by atoms with Gasteiger partial charge in [0.25, 0.3) is 0 Å². The summed E-state index contributed by atoms with van der Waals surface area (Å²) < 4.78 is 7.66. The van der Waals surface area contributed by atoms with E-state index in [1.54, 1.807) is 29.8 Å². The Hall–Kier alpha value is -2.87. The maximum Gasteiger partial charge on any atom is 0.327 e. The van der Waals surface area contributed by atoms with Crippen LogP contribution in [0.3, 0.4) is 0 Å². The number of nitrogens with zero attached hydrogens (tertiary/aromatic N) is 2. The number of allylic oxidation sites excluding steroid dienone is 2. The highest BCUT2D eigenvalue weighted by molar-refractivity contribution is 7.09. The fraction of sp³-hybridized carbons (Fsp3) is 0.235. The number of rotatable bonds is 3. The molecule has 3 heterocycles. The van der Waals surface area contributed by atoms with Crippen molar-refractivity contribution >= 4 is 33.7 Å². The number of benzene rings is 1. The van der Waals surface area contributed by atoms with Crippen LogP contribution in [0.15, 0.2) is 34.2 Å². The van der Waals surface area contributed by atoms with Gasteiger partial charge in [0.15, 0.2) is 11.5 Å². The molecule has 7 nitrogen and oxygen atoms in total. The van der Waals surface area contributed by atoms with E-state index >= 15 is 0 Å². The number of Topliss-reactive ketones (excluding diaryl/α,β-unsaturated/α-hetero) is 1. The molecule has 0 fully saturated rings. The Kier molecular flexibility index (Phi) is 3.50. The second-order valence-corrected chi connectivity index (χ2v) is 6.88. The minimum absolute atomic E-state index is 0.148. The van der Waals surface area contributed by atoms with Crippen LogP contribution in [0.1, 0.15) is 30.5 Å². The van der Waals surface area contributed by atoms with Gasteiger partial charge in [0.1, 0.15) is 23.2 Å². The number of aromatic amines is 1. The number of ether oxygens (including phenoxy) is 1. The first-order chi connectivity index (χ1) is 12.0. The van der Waals surface area contributed by atoms with Crippen molar-refractivity contribution < 1.29 is 9.53 Å². The molecule has 2 aromatic heterocycles. The molecule has 1 aliphatic heterocycles. The summed E-state index contributed by atoms with van der Waals surface area (Å²) in [4.78, 5) is 31.8. The number of nitrogens with two attached hydrogens (primary N) is 1. The maximum atomic E-state index is 12.5. The summed E-state index contributed by atoms with van der Waals surface area (Å²) in [6, 6.07) is 3.23. The predicted molar refractivity (Wildman–Crippen MR) is 95.8 cm³/mol. The molecule has 3 N–H and O–H groups in total. The average molecular weight is 356 g/mol. The molecule has 0 bridgehead atoms.